The average molecular weight is 276 g/mol. The lowest BCUT2D eigenvalue weighted by atomic mass is 10.3. The number of rotatable bonds is 4. The molecule has 3 aromatic heterocycles. The second-order valence-electron chi connectivity index (χ2n) is 3.73. The van der Waals surface area contributed by atoms with Crippen molar-refractivity contribution in [1.82, 2.24) is 14.4 Å². The van der Waals surface area contributed by atoms with Crippen LogP contribution in [0.15, 0.2) is 46.0 Å². The van der Waals surface area contributed by atoms with E-state index >= 15 is 0 Å². The molecular weight excluding hydrogens is 264 g/mol. The first kappa shape index (κ1) is 11.7. The number of hydrogen-bond donors (Lipinski definition) is 1. The van der Waals surface area contributed by atoms with E-state index in [1.54, 1.807) is 29.3 Å². The molecule has 0 spiro atoms. The number of pyridine rings is 1. The van der Waals surface area contributed by atoms with Crippen LogP contribution in [0.25, 0.3) is 4.96 Å². The van der Waals surface area contributed by atoms with Gasteiger partial charge in [-0.3, -0.25) is 4.40 Å². The molecule has 3 aromatic rings. The Bertz CT molecular complexity index is 644. The van der Waals surface area contributed by atoms with Crippen molar-refractivity contribution in [3.8, 4) is 0 Å². The minimum Gasteiger partial charge on any atom is -0.330 e. The average Bonchev–Trinajstić information content (AvgIpc) is 2.95. The van der Waals surface area contributed by atoms with Gasteiger partial charge < -0.3 is 5.73 Å². The molecule has 0 saturated heterocycles. The molecule has 0 amide bonds. The highest BCUT2D eigenvalue weighted by atomic mass is 32.2. The maximum atomic E-state index is 5.68. The molecule has 18 heavy (non-hydrogen) atoms. The van der Waals surface area contributed by atoms with Crippen LogP contribution in [-0.2, 0) is 6.42 Å². The van der Waals surface area contributed by atoms with Crippen molar-refractivity contribution in [1.29, 1.82) is 0 Å². The number of aromatic nitrogens is 3. The highest BCUT2D eigenvalue weighted by molar-refractivity contribution is 7.99. The summed E-state index contributed by atoms with van der Waals surface area (Å²) in [4.78, 5) is 9.96. The fraction of sp³-hybridized carbons (Fsp3) is 0.167. The highest BCUT2D eigenvalue weighted by Gasteiger charge is 2.13. The molecule has 0 aliphatic rings. The first-order chi connectivity index (χ1) is 8.88. The van der Waals surface area contributed by atoms with Gasteiger partial charge in [-0.1, -0.05) is 6.07 Å². The number of imidazole rings is 1. The normalized spacial score (nSPS) is 11.2. The van der Waals surface area contributed by atoms with E-state index in [1.807, 2.05) is 29.8 Å². The summed E-state index contributed by atoms with van der Waals surface area (Å²) >= 11 is 3.23. The van der Waals surface area contributed by atoms with E-state index in [0.717, 1.165) is 21.4 Å². The summed E-state index contributed by atoms with van der Waals surface area (Å²) < 4.78 is 2.11. The van der Waals surface area contributed by atoms with Crippen molar-refractivity contribution >= 4 is 28.1 Å². The molecule has 4 nitrogen and oxygen atoms in total. The van der Waals surface area contributed by atoms with Crippen molar-refractivity contribution in [2.24, 2.45) is 5.73 Å². The molecule has 0 radical (unpaired) electrons. The Balaban J connectivity index is 2.00. The van der Waals surface area contributed by atoms with Crippen LogP contribution in [0.1, 0.15) is 5.69 Å². The van der Waals surface area contributed by atoms with Gasteiger partial charge in [0.05, 0.1) is 5.69 Å². The summed E-state index contributed by atoms with van der Waals surface area (Å²) in [5.74, 6) is 0. The number of fused-ring (bicyclic) bond motifs is 1. The van der Waals surface area contributed by atoms with Gasteiger partial charge in [-0.05, 0) is 30.4 Å². The van der Waals surface area contributed by atoms with E-state index in [1.165, 1.54) is 5.69 Å². The lowest BCUT2D eigenvalue weighted by molar-refractivity contribution is 0.878. The van der Waals surface area contributed by atoms with Crippen LogP contribution < -0.4 is 5.73 Å². The standard InChI is InChI=1S/C12H12N4S2/c13-5-4-9-11(15-12-16(9)7-8-17-12)18-10-3-1-2-6-14-10/h1-3,6-8H,4-5,13H2. The first-order valence-electron chi connectivity index (χ1n) is 5.62. The molecule has 0 atom stereocenters. The molecule has 0 bridgehead atoms. The molecule has 3 rings (SSSR count). The first-order valence-corrected chi connectivity index (χ1v) is 7.31. The smallest absolute Gasteiger partial charge is 0.194 e. The monoisotopic (exact) mass is 276 g/mol. The van der Waals surface area contributed by atoms with E-state index in [0.29, 0.717) is 6.54 Å². The van der Waals surface area contributed by atoms with Crippen molar-refractivity contribution in [2.45, 2.75) is 16.5 Å². The number of thiazole rings is 1. The van der Waals surface area contributed by atoms with Crippen LogP contribution in [0.2, 0.25) is 0 Å². The summed E-state index contributed by atoms with van der Waals surface area (Å²) in [6.07, 6.45) is 4.66. The Labute approximate surface area is 113 Å². The highest BCUT2D eigenvalue weighted by Crippen LogP contribution is 2.30. The van der Waals surface area contributed by atoms with Gasteiger partial charge in [0.15, 0.2) is 4.96 Å². The van der Waals surface area contributed by atoms with Gasteiger partial charge in [-0.15, -0.1) is 11.3 Å². The van der Waals surface area contributed by atoms with E-state index in [9.17, 15) is 0 Å². The Morgan fingerprint density at radius 1 is 1.39 bits per heavy atom. The third kappa shape index (κ3) is 2.14. The van der Waals surface area contributed by atoms with Gasteiger partial charge in [0.1, 0.15) is 10.1 Å². The molecule has 2 N–H and O–H groups in total. The topological polar surface area (TPSA) is 56.2 Å². The van der Waals surface area contributed by atoms with Crippen LogP contribution in [-0.4, -0.2) is 20.9 Å². The third-order valence-electron chi connectivity index (χ3n) is 2.54. The number of nitrogens with two attached hydrogens (primary N) is 1. The summed E-state index contributed by atoms with van der Waals surface area (Å²) in [6.45, 7) is 0.624. The fourth-order valence-electron chi connectivity index (χ4n) is 1.77. The molecule has 0 aliphatic heterocycles. The SMILES string of the molecule is NCCc1c(Sc2ccccn2)nc2sccn12. The van der Waals surface area contributed by atoms with Gasteiger partial charge in [0, 0.05) is 24.2 Å². The van der Waals surface area contributed by atoms with Crippen LogP contribution in [0, 0.1) is 0 Å². The van der Waals surface area contributed by atoms with Gasteiger partial charge in [0.2, 0.25) is 0 Å². The summed E-state index contributed by atoms with van der Waals surface area (Å²) in [7, 11) is 0. The molecule has 0 unspecified atom stereocenters. The van der Waals surface area contributed by atoms with Gasteiger partial charge in [-0.2, -0.15) is 0 Å². The van der Waals surface area contributed by atoms with Crippen molar-refractivity contribution in [3.05, 3.63) is 41.7 Å². The number of nitrogens with zero attached hydrogens (tertiary/aromatic N) is 3. The van der Waals surface area contributed by atoms with Gasteiger partial charge >= 0.3 is 0 Å². The predicted molar refractivity (Wildman–Crippen MR) is 74.2 cm³/mol. The zero-order chi connectivity index (χ0) is 12.4. The molecule has 0 saturated carbocycles. The fourth-order valence-corrected chi connectivity index (χ4v) is 3.46. The predicted octanol–water partition coefficient (Wildman–Crippen LogP) is 2.44. The minimum absolute atomic E-state index is 0.624. The summed E-state index contributed by atoms with van der Waals surface area (Å²) in [5.41, 5.74) is 6.85. The maximum absolute atomic E-state index is 5.68. The van der Waals surface area contributed by atoms with E-state index < -0.39 is 0 Å². The Morgan fingerprint density at radius 2 is 2.33 bits per heavy atom. The Morgan fingerprint density at radius 3 is 3.11 bits per heavy atom. The van der Waals surface area contributed by atoms with Crippen LogP contribution in [0.4, 0.5) is 0 Å². The van der Waals surface area contributed by atoms with Crippen molar-refractivity contribution in [3.63, 3.8) is 0 Å². The minimum atomic E-state index is 0.624. The largest absolute Gasteiger partial charge is 0.330 e. The molecule has 92 valence electrons. The molecule has 0 aliphatic carbocycles. The Hall–Kier alpha value is -1.37. The Kier molecular flexibility index (Phi) is 3.31. The second kappa shape index (κ2) is 5.09. The van der Waals surface area contributed by atoms with E-state index in [2.05, 4.69) is 14.4 Å². The van der Waals surface area contributed by atoms with E-state index in [-0.39, 0.29) is 0 Å². The van der Waals surface area contributed by atoms with Crippen LogP contribution >= 0.6 is 23.1 Å². The molecule has 3 heterocycles. The third-order valence-corrected chi connectivity index (χ3v) is 4.27. The zero-order valence-corrected chi connectivity index (χ0v) is 11.2. The van der Waals surface area contributed by atoms with Crippen LogP contribution in [0.5, 0.6) is 0 Å². The maximum Gasteiger partial charge on any atom is 0.194 e. The van der Waals surface area contributed by atoms with Crippen molar-refractivity contribution < 1.29 is 0 Å². The summed E-state index contributed by atoms with van der Waals surface area (Å²) in [6, 6.07) is 5.89. The second-order valence-corrected chi connectivity index (χ2v) is 5.61. The lowest BCUT2D eigenvalue weighted by Gasteiger charge is -2.01. The lowest BCUT2D eigenvalue weighted by Crippen LogP contribution is -2.05. The summed E-state index contributed by atoms with van der Waals surface area (Å²) in [5, 5.41) is 4.00. The van der Waals surface area contributed by atoms with Crippen molar-refractivity contribution in [2.75, 3.05) is 6.54 Å². The van der Waals surface area contributed by atoms with E-state index in [4.69, 9.17) is 5.73 Å². The van der Waals surface area contributed by atoms with Crippen LogP contribution in [0.3, 0.4) is 0 Å². The molecule has 0 fully saturated rings. The molecule has 6 heteroatoms. The van der Waals surface area contributed by atoms with Gasteiger partial charge in [-0.25, -0.2) is 9.97 Å². The number of hydrogen-bond acceptors (Lipinski definition) is 5. The quantitative estimate of drug-likeness (QED) is 0.795. The molecular formula is C12H12N4S2. The zero-order valence-electron chi connectivity index (χ0n) is 9.61. The van der Waals surface area contributed by atoms with Gasteiger partial charge in [0.25, 0.3) is 0 Å². The molecule has 0 aromatic carbocycles.